The van der Waals surface area contributed by atoms with Gasteiger partial charge >= 0.3 is 5.97 Å². The minimum absolute atomic E-state index is 0.0504. The van der Waals surface area contributed by atoms with E-state index in [2.05, 4.69) is 5.32 Å². The van der Waals surface area contributed by atoms with Gasteiger partial charge in [0, 0.05) is 6.42 Å². The summed E-state index contributed by atoms with van der Waals surface area (Å²) < 4.78 is 0. The number of carbonyl (C=O) groups excluding carboxylic acids is 1. The van der Waals surface area contributed by atoms with Crippen LogP contribution in [0.3, 0.4) is 0 Å². The van der Waals surface area contributed by atoms with Gasteiger partial charge in [-0.15, -0.1) is 0 Å². The van der Waals surface area contributed by atoms with Crippen LogP contribution in [0.4, 0.5) is 0 Å². The van der Waals surface area contributed by atoms with Gasteiger partial charge in [-0.2, -0.15) is 0 Å². The standard InChI is InChI=1S/C13H14N2O3S/c16-11(17)7-6-10-12(18)15(13(19)14-10)8-9-4-2-1-3-5-9/h1-5,10H,6-8H2,(H,14,19)(H,16,17)/t10-/m1/s1. The fourth-order valence-corrected chi connectivity index (χ4v) is 2.25. The zero-order valence-electron chi connectivity index (χ0n) is 10.2. The summed E-state index contributed by atoms with van der Waals surface area (Å²) in [5, 5.41) is 11.9. The van der Waals surface area contributed by atoms with Gasteiger partial charge in [0.2, 0.25) is 0 Å². The first kappa shape index (κ1) is 13.5. The van der Waals surface area contributed by atoms with E-state index in [1.807, 2.05) is 30.3 Å². The number of rotatable bonds is 5. The number of nitrogens with zero attached hydrogens (tertiary/aromatic N) is 1. The number of hydrogen-bond acceptors (Lipinski definition) is 3. The summed E-state index contributed by atoms with van der Waals surface area (Å²) in [6.45, 7) is 0.412. The van der Waals surface area contributed by atoms with Gasteiger partial charge in [0.25, 0.3) is 5.91 Å². The van der Waals surface area contributed by atoms with E-state index >= 15 is 0 Å². The van der Waals surface area contributed by atoms with Crippen LogP contribution >= 0.6 is 12.2 Å². The molecule has 0 radical (unpaired) electrons. The Balaban J connectivity index is 2.00. The smallest absolute Gasteiger partial charge is 0.303 e. The fourth-order valence-electron chi connectivity index (χ4n) is 1.96. The number of carbonyl (C=O) groups is 2. The van der Waals surface area contributed by atoms with E-state index in [0.717, 1.165) is 5.56 Å². The number of carboxylic acids is 1. The highest BCUT2D eigenvalue weighted by Gasteiger charge is 2.35. The zero-order chi connectivity index (χ0) is 13.8. The lowest BCUT2D eigenvalue weighted by Gasteiger charge is -2.14. The van der Waals surface area contributed by atoms with E-state index in [9.17, 15) is 9.59 Å². The number of nitrogens with one attached hydrogen (secondary N) is 1. The third kappa shape index (κ3) is 3.29. The molecule has 1 aliphatic rings. The molecule has 6 heteroatoms. The predicted molar refractivity (Wildman–Crippen MR) is 73.4 cm³/mol. The van der Waals surface area contributed by atoms with Crippen molar-refractivity contribution >= 4 is 29.2 Å². The summed E-state index contributed by atoms with van der Waals surface area (Å²) in [7, 11) is 0. The van der Waals surface area contributed by atoms with Gasteiger partial charge in [-0.3, -0.25) is 14.5 Å². The van der Waals surface area contributed by atoms with Crippen LogP contribution in [0.5, 0.6) is 0 Å². The van der Waals surface area contributed by atoms with E-state index in [0.29, 0.717) is 11.7 Å². The Morgan fingerprint density at radius 1 is 1.37 bits per heavy atom. The van der Waals surface area contributed by atoms with E-state index in [-0.39, 0.29) is 18.7 Å². The Hall–Kier alpha value is -1.95. The molecule has 1 aromatic rings. The normalized spacial score (nSPS) is 18.5. The Kier molecular flexibility index (Phi) is 4.11. The van der Waals surface area contributed by atoms with Crippen LogP contribution in [0, 0.1) is 0 Å². The van der Waals surface area contributed by atoms with Crippen molar-refractivity contribution in [1.29, 1.82) is 0 Å². The highest BCUT2D eigenvalue weighted by atomic mass is 32.1. The number of hydrogen-bond donors (Lipinski definition) is 2. The molecule has 1 atom stereocenters. The largest absolute Gasteiger partial charge is 0.481 e. The minimum atomic E-state index is -0.915. The van der Waals surface area contributed by atoms with Crippen LogP contribution in [-0.2, 0) is 16.1 Å². The maximum Gasteiger partial charge on any atom is 0.303 e. The van der Waals surface area contributed by atoms with Crippen molar-refractivity contribution in [2.75, 3.05) is 0 Å². The molecule has 1 aromatic carbocycles. The zero-order valence-corrected chi connectivity index (χ0v) is 11.0. The fraction of sp³-hybridized carbons (Fsp3) is 0.308. The SMILES string of the molecule is O=C(O)CC[C@H]1NC(=S)N(Cc2ccccc2)C1=O. The summed E-state index contributed by atoms with van der Waals surface area (Å²) in [4.78, 5) is 24.1. The number of benzene rings is 1. The van der Waals surface area contributed by atoms with Gasteiger partial charge in [-0.25, -0.2) is 0 Å². The van der Waals surface area contributed by atoms with Crippen LogP contribution in [0.15, 0.2) is 30.3 Å². The Morgan fingerprint density at radius 3 is 2.68 bits per heavy atom. The summed E-state index contributed by atoms with van der Waals surface area (Å²) in [6.07, 6.45) is 0.199. The highest BCUT2D eigenvalue weighted by molar-refractivity contribution is 7.80. The first-order chi connectivity index (χ1) is 9.08. The molecule has 1 fully saturated rings. The maximum absolute atomic E-state index is 12.1. The third-order valence-corrected chi connectivity index (χ3v) is 3.28. The number of aliphatic carboxylic acids is 1. The molecule has 0 saturated carbocycles. The molecule has 0 unspecified atom stereocenters. The predicted octanol–water partition coefficient (Wildman–Crippen LogP) is 1.14. The third-order valence-electron chi connectivity index (χ3n) is 2.94. The van der Waals surface area contributed by atoms with Gasteiger partial charge < -0.3 is 10.4 Å². The van der Waals surface area contributed by atoms with Crippen molar-refractivity contribution < 1.29 is 14.7 Å². The Bertz CT molecular complexity index is 504. The van der Waals surface area contributed by atoms with Gasteiger partial charge in [0.1, 0.15) is 6.04 Å². The van der Waals surface area contributed by atoms with E-state index in [1.54, 1.807) is 0 Å². The van der Waals surface area contributed by atoms with E-state index < -0.39 is 12.0 Å². The molecular weight excluding hydrogens is 264 g/mol. The first-order valence-electron chi connectivity index (χ1n) is 5.95. The van der Waals surface area contributed by atoms with E-state index in [1.165, 1.54) is 4.90 Å². The molecule has 0 spiro atoms. The molecule has 1 amide bonds. The molecule has 0 bridgehead atoms. The molecular formula is C13H14N2O3S. The molecule has 19 heavy (non-hydrogen) atoms. The minimum Gasteiger partial charge on any atom is -0.481 e. The first-order valence-corrected chi connectivity index (χ1v) is 6.36. The highest BCUT2D eigenvalue weighted by Crippen LogP contribution is 2.15. The molecule has 1 aliphatic heterocycles. The summed E-state index contributed by atoms with van der Waals surface area (Å²) >= 11 is 5.12. The average molecular weight is 278 g/mol. The van der Waals surface area contributed by atoms with Crippen LogP contribution in [0.1, 0.15) is 18.4 Å². The maximum atomic E-state index is 12.1. The van der Waals surface area contributed by atoms with Crippen LogP contribution in [0.25, 0.3) is 0 Å². The van der Waals surface area contributed by atoms with Gasteiger partial charge in [-0.05, 0) is 24.2 Å². The molecule has 0 aromatic heterocycles. The Morgan fingerprint density at radius 2 is 2.05 bits per heavy atom. The molecule has 100 valence electrons. The van der Waals surface area contributed by atoms with Crippen molar-refractivity contribution in [1.82, 2.24) is 10.2 Å². The van der Waals surface area contributed by atoms with Crippen molar-refractivity contribution in [3.63, 3.8) is 0 Å². The monoisotopic (exact) mass is 278 g/mol. The molecule has 0 aliphatic carbocycles. The quantitative estimate of drug-likeness (QED) is 0.790. The van der Waals surface area contributed by atoms with Crippen molar-refractivity contribution in [2.45, 2.75) is 25.4 Å². The van der Waals surface area contributed by atoms with E-state index in [4.69, 9.17) is 17.3 Å². The lowest BCUT2D eigenvalue weighted by Crippen LogP contribution is -2.31. The second kappa shape index (κ2) is 5.79. The summed E-state index contributed by atoms with van der Waals surface area (Å²) in [5.41, 5.74) is 0.985. The molecule has 2 rings (SSSR count). The Labute approximate surface area is 116 Å². The topological polar surface area (TPSA) is 69.6 Å². The number of thiocarbonyl (C=S) groups is 1. The lowest BCUT2D eigenvalue weighted by atomic mass is 10.1. The van der Waals surface area contributed by atoms with Crippen LogP contribution in [-0.4, -0.2) is 33.0 Å². The van der Waals surface area contributed by atoms with Gasteiger partial charge in [-0.1, -0.05) is 30.3 Å². The second-order valence-electron chi connectivity index (χ2n) is 4.34. The molecule has 1 saturated heterocycles. The van der Waals surface area contributed by atoms with Gasteiger partial charge in [0.05, 0.1) is 6.54 Å². The molecule has 5 nitrogen and oxygen atoms in total. The molecule has 2 N–H and O–H groups in total. The summed E-state index contributed by atoms with van der Waals surface area (Å²) in [6, 6.07) is 9.01. The number of carboxylic acid groups (broad SMARTS) is 1. The lowest BCUT2D eigenvalue weighted by molar-refractivity contribution is -0.137. The average Bonchev–Trinajstić information content (AvgIpc) is 2.65. The van der Waals surface area contributed by atoms with Crippen LogP contribution < -0.4 is 5.32 Å². The molecule has 1 heterocycles. The van der Waals surface area contributed by atoms with Crippen molar-refractivity contribution in [2.24, 2.45) is 0 Å². The number of amides is 1. The second-order valence-corrected chi connectivity index (χ2v) is 4.73. The van der Waals surface area contributed by atoms with Crippen LogP contribution in [0.2, 0.25) is 0 Å². The summed E-state index contributed by atoms with van der Waals surface area (Å²) in [5.74, 6) is -1.07. The van der Waals surface area contributed by atoms with Gasteiger partial charge in [0.15, 0.2) is 5.11 Å². The van der Waals surface area contributed by atoms with Crippen molar-refractivity contribution in [3.8, 4) is 0 Å². The van der Waals surface area contributed by atoms with Crippen molar-refractivity contribution in [3.05, 3.63) is 35.9 Å².